The lowest BCUT2D eigenvalue weighted by Gasteiger charge is -2.30. The molecule has 31 heavy (non-hydrogen) atoms. The number of esters is 1. The molecule has 0 radical (unpaired) electrons. The van der Waals surface area contributed by atoms with E-state index in [-0.39, 0.29) is 11.8 Å². The van der Waals surface area contributed by atoms with Crippen LogP contribution in [0.2, 0.25) is 0 Å². The molecule has 1 aliphatic rings. The van der Waals surface area contributed by atoms with Gasteiger partial charge >= 0.3 is 5.97 Å². The number of ether oxygens (including phenoxy) is 1. The molecular formula is C25H33N3O3. The van der Waals surface area contributed by atoms with Gasteiger partial charge in [0, 0.05) is 30.6 Å². The number of fused-ring (bicyclic) bond motifs is 1. The van der Waals surface area contributed by atoms with E-state index in [9.17, 15) is 9.59 Å². The van der Waals surface area contributed by atoms with Gasteiger partial charge in [0.25, 0.3) is 0 Å². The second-order valence-electron chi connectivity index (χ2n) is 8.00. The van der Waals surface area contributed by atoms with Crippen LogP contribution in [0.3, 0.4) is 0 Å². The van der Waals surface area contributed by atoms with Crippen molar-refractivity contribution in [1.82, 2.24) is 9.78 Å². The van der Waals surface area contributed by atoms with E-state index in [1.54, 1.807) is 4.68 Å². The fourth-order valence-electron chi connectivity index (χ4n) is 4.26. The number of nitrogens with one attached hydrogen (secondary N) is 1. The predicted molar refractivity (Wildman–Crippen MR) is 122 cm³/mol. The molecule has 0 amide bonds. The number of benzene rings is 1. The number of ketones is 1. The maximum absolute atomic E-state index is 13.3. The van der Waals surface area contributed by atoms with Gasteiger partial charge in [0.15, 0.2) is 5.78 Å². The number of anilines is 1. The van der Waals surface area contributed by atoms with Crippen LogP contribution in [0.4, 0.5) is 5.82 Å². The van der Waals surface area contributed by atoms with Crippen molar-refractivity contribution < 1.29 is 14.3 Å². The SMILES string of the molecule is CCCCCOC(=O)C1=C(C)Nc2c(c(C(=O)CC)nn2C)C1c1ccccc1CC. The Morgan fingerprint density at radius 1 is 1.16 bits per heavy atom. The summed E-state index contributed by atoms with van der Waals surface area (Å²) in [4.78, 5) is 26.1. The van der Waals surface area contributed by atoms with Crippen molar-refractivity contribution in [1.29, 1.82) is 0 Å². The minimum atomic E-state index is -0.398. The van der Waals surface area contributed by atoms with Gasteiger partial charge in [0.1, 0.15) is 11.5 Å². The Balaban J connectivity index is 2.17. The first-order valence-corrected chi connectivity index (χ1v) is 11.3. The number of Topliss-reactive ketones (excluding diaryl/α,β-unsaturated/α-hetero) is 1. The van der Waals surface area contributed by atoms with Crippen LogP contribution in [-0.2, 0) is 23.0 Å². The molecule has 1 aliphatic heterocycles. The van der Waals surface area contributed by atoms with Gasteiger partial charge in [-0.2, -0.15) is 5.10 Å². The summed E-state index contributed by atoms with van der Waals surface area (Å²) in [6, 6.07) is 8.11. The number of unbranched alkanes of at least 4 members (excludes halogenated alkanes) is 2. The van der Waals surface area contributed by atoms with Crippen molar-refractivity contribution in [2.45, 2.75) is 65.7 Å². The summed E-state index contributed by atoms with van der Waals surface area (Å²) < 4.78 is 7.38. The van der Waals surface area contributed by atoms with Crippen LogP contribution in [0.25, 0.3) is 0 Å². The van der Waals surface area contributed by atoms with Gasteiger partial charge < -0.3 is 10.1 Å². The van der Waals surface area contributed by atoms with E-state index in [1.807, 2.05) is 39.1 Å². The van der Waals surface area contributed by atoms with Crippen LogP contribution < -0.4 is 5.32 Å². The Morgan fingerprint density at radius 2 is 1.90 bits per heavy atom. The molecule has 1 atom stereocenters. The van der Waals surface area contributed by atoms with Gasteiger partial charge in [-0.15, -0.1) is 0 Å². The predicted octanol–water partition coefficient (Wildman–Crippen LogP) is 5.14. The second-order valence-corrected chi connectivity index (χ2v) is 8.00. The number of rotatable bonds is 9. The lowest BCUT2D eigenvalue weighted by molar-refractivity contribution is -0.139. The highest BCUT2D eigenvalue weighted by molar-refractivity contribution is 6.01. The molecule has 1 aromatic carbocycles. The lowest BCUT2D eigenvalue weighted by Crippen LogP contribution is -2.26. The maximum Gasteiger partial charge on any atom is 0.336 e. The summed E-state index contributed by atoms with van der Waals surface area (Å²) in [6.45, 7) is 8.33. The quantitative estimate of drug-likeness (QED) is 0.343. The minimum Gasteiger partial charge on any atom is -0.462 e. The number of carbonyl (C=O) groups is 2. The van der Waals surface area contributed by atoms with Crippen LogP contribution in [0.1, 0.15) is 86.5 Å². The Bertz CT molecular complexity index is 1000. The second kappa shape index (κ2) is 9.94. The van der Waals surface area contributed by atoms with E-state index in [0.717, 1.165) is 53.9 Å². The van der Waals surface area contributed by atoms with E-state index in [0.29, 0.717) is 24.3 Å². The van der Waals surface area contributed by atoms with Crippen LogP contribution in [-0.4, -0.2) is 28.1 Å². The molecule has 2 heterocycles. The van der Waals surface area contributed by atoms with Crippen molar-refractivity contribution in [3.63, 3.8) is 0 Å². The number of nitrogens with zero attached hydrogens (tertiary/aromatic N) is 2. The summed E-state index contributed by atoms with van der Waals surface area (Å²) >= 11 is 0. The number of aromatic nitrogens is 2. The molecular weight excluding hydrogens is 390 g/mol. The Hall–Kier alpha value is -2.89. The van der Waals surface area contributed by atoms with Crippen molar-refractivity contribution in [2.24, 2.45) is 7.05 Å². The number of carbonyl (C=O) groups excluding carboxylic acids is 2. The van der Waals surface area contributed by atoms with Crippen LogP contribution in [0.15, 0.2) is 35.5 Å². The number of hydrogen-bond donors (Lipinski definition) is 1. The van der Waals surface area contributed by atoms with E-state index in [4.69, 9.17) is 4.74 Å². The third kappa shape index (κ3) is 4.43. The minimum absolute atomic E-state index is 0.0344. The third-order valence-corrected chi connectivity index (χ3v) is 5.90. The number of aryl methyl sites for hydroxylation is 2. The summed E-state index contributed by atoms with van der Waals surface area (Å²) in [5.41, 5.74) is 4.65. The molecule has 2 aromatic rings. The van der Waals surface area contributed by atoms with E-state index >= 15 is 0 Å². The highest BCUT2D eigenvalue weighted by Crippen LogP contribution is 2.45. The smallest absolute Gasteiger partial charge is 0.336 e. The molecule has 1 N–H and O–H groups in total. The summed E-state index contributed by atoms with van der Waals surface area (Å²) in [6.07, 6.45) is 4.11. The van der Waals surface area contributed by atoms with Gasteiger partial charge in [0.2, 0.25) is 0 Å². The van der Waals surface area contributed by atoms with Crippen molar-refractivity contribution >= 4 is 17.6 Å². The average molecular weight is 424 g/mol. The lowest BCUT2D eigenvalue weighted by atomic mass is 9.78. The molecule has 3 rings (SSSR count). The maximum atomic E-state index is 13.3. The zero-order chi connectivity index (χ0) is 22.5. The zero-order valence-corrected chi connectivity index (χ0v) is 19.2. The molecule has 0 aliphatic carbocycles. The van der Waals surface area contributed by atoms with Gasteiger partial charge in [-0.3, -0.25) is 9.48 Å². The monoisotopic (exact) mass is 423 g/mol. The molecule has 0 bridgehead atoms. The van der Waals surface area contributed by atoms with Crippen molar-refractivity contribution in [2.75, 3.05) is 11.9 Å². The van der Waals surface area contributed by atoms with Gasteiger partial charge in [-0.1, -0.05) is 57.9 Å². The van der Waals surface area contributed by atoms with Gasteiger partial charge in [-0.05, 0) is 30.9 Å². The van der Waals surface area contributed by atoms with Gasteiger partial charge in [0.05, 0.1) is 12.2 Å². The molecule has 0 saturated carbocycles. The van der Waals surface area contributed by atoms with Crippen LogP contribution >= 0.6 is 0 Å². The zero-order valence-electron chi connectivity index (χ0n) is 19.2. The first-order valence-electron chi connectivity index (χ1n) is 11.3. The molecule has 1 aromatic heterocycles. The summed E-state index contributed by atoms with van der Waals surface area (Å²) in [5, 5.41) is 7.86. The Labute approximate surface area is 184 Å². The Kier molecular flexibility index (Phi) is 7.31. The fraction of sp³-hybridized carbons (Fsp3) is 0.480. The van der Waals surface area contributed by atoms with Crippen LogP contribution in [0, 0.1) is 0 Å². The number of hydrogen-bond acceptors (Lipinski definition) is 5. The normalized spacial score (nSPS) is 15.5. The first kappa shape index (κ1) is 22.8. The molecule has 1 unspecified atom stereocenters. The molecule has 0 fully saturated rings. The van der Waals surface area contributed by atoms with E-state index in [1.165, 1.54) is 0 Å². The molecule has 0 spiro atoms. The summed E-state index contributed by atoms with van der Waals surface area (Å²) in [5.74, 6) is -0.00716. The fourth-order valence-corrected chi connectivity index (χ4v) is 4.26. The third-order valence-electron chi connectivity index (χ3n) is 5.90. The van der Waals surface area contributed by atoms with Crippen molar-refractivity contribution in [3.8, 4) is 0 Å². The highest BCUT2D eigenvalue weighted by Gasteiger charge is 2.39. The van der Waals surface area contributed by atoms with Gasteiger partial charge in [-0.25, -0.2) is 4.79 Å². The van der Waals surface area contributed by atoms with E-state index in [2.05, 4.69) is 30.3 Å². The molecule has 0 saturated heterocycles. The summed E-state index contributed by atoms with van der Waals surface area (Å²) in [7, 11) is 1.82. The Morgan fingerprint density at radius 3 is 2.58 bits per heavy atom. The highest BCUT2D eigenvalue weighted by atomic mass is 16.5. The van der Waals surface area contributed by atoms with Crippen molar-refractivity contribution in [3.05, 3.63) is 57.9 Å². The standard InChI is InChI=1S/C25H33N3O3/c1-6-9-12-15-31-25(30)20-16(4)26-24-22(23(19(29)8-3)27-28(24)5)21(20)18-14-11-10-13-17(18)7-2/h10-11,13-14,21,26H,6-9,12,15H2,1-5H3. The topological polar surface area (TPSA) is 73.2 Å². The van der Waals surface area contributed by atoms with Crippen LogP contribution in [0.5, 0.6) is 0 Å². The largest absolute Gasteiger partial charge is 0.462 e. The molecule has 6 nitrogen and oxygen atoms in total. The molecule has 6 heteroatoms. The molecule has 166 valence electrons. The van der Waals surface area contributed by atoms with E-state index < -0.39 is 5.92 Å². The number of allylic oxidation sites excluding steroid dienone is 1. The average Bonchev–Trinajstić information content (AvgIpc) is 3.11. The first-order chi connectivity index (χ1) is 14.9.